The maximum Gasteiger partial charge on any atom is 0.314 e. The number of amides is 3. The van der Waals surface area contributed by atoms with Crippen molar-refractivity contribution < 1.29 is 33.7 Å². The third kappa shape index (κ3) is 4.79. The average molecular weight is 571 g/mol. The number of primary amides is 1. The summed E-state index contributed by atoms with van der Waals surface area (Å²) in [5.74, 6) is -3.09. The zero-order valence-corrected chi connectivity index (χ0v) is 22.0. The number of nitrogen functional groups attached to an aromatic ring is 1. The summed E-state index contributed by atoms with van der Waals surface area (Å²) in [5.41, 5.74) is 12.3. The minimum atomic E-state index is -1.50. The number of oxime groups is 1. The number of nitrogens with one attached hydrogen (secondary N) is 1. The molecule has 5 N–H and O–H groups in total. The molecule has 39 heavy (non-hydrogen) atoms. The number of fused-ring (bicyclic) bond motifs is 2. The van der Waals surface area contributed by atoms with Crippen LogP contribution in [-0.2, 0) is 25.8 Å². The molecule has 4 aliphatic heterocycles. The Balaban J connectivity index is 1.35. The Kier molecular flexibility index (Phi) is 6.96. The van der Waals surface area contributed by atoms with E-state index in [-0.39, 0.29) is 41.1 Å². The van der Waals surface area contributed by atoms with Crippen molar-refractivity contribution in [3.63, 3.8) is 0 Å². The molecule has 0 bridgehead atoms. The number of aromatic nitrogens is 3. The van der Waals surface area contributed by atoms with Gasteiger partial charge in [0, 0.05) is 29.8 Å². The van der Waals surface area contributed by atoms with Gasteiger partial charge in [-0.2, -0.15) is 4.57 Å². The first-order valence-corrected chi connectivity index (χ1v) is 13.5. The van der Waals surface area contributed by atoms with E-state index in [9.17, 15) is 24.3 Å². The van der Waals surface area contributed by atoms with Crippen LogP contribution in [-0.4, -0.2) is 67.6 Å². The van der Waals surface area contributed by atoms with Gasteiger partial charge >= 0.3 is 5.91 Å². The quantitative estimate of drug-likeness (QED) is 0.115. The van der Waals surface area contributed by atoms with E-state index in [4.69, 9.17) is 16.3 Å². The SMILES string of the molecule is CCO/N=C(\C(=O)N[C@@H]1C(=O)N2C(C(=O)[O-])=C(Cn3cc[n+]4c(C(N)=O)ccc-4c3)CS[C@H]12)c1csc(N)n1. The van der Waals surface area contributed by atoms with E-state index in [2.05, 4.69) is 15.5 Å². The molecule has 0 spiro atoms. The molecule has 202 valence electrons. The Morgan fingerprint density at radius 3 is 2.82 bits per heavy atom. The van der Waals surface area contributed by atoms with Crippen LogP contribution in [0.25, 0.3) is 5.69 Å². The first-order valence-electron chi connectivity index (χ1n) is 11.6. The highest BCUT2D eigenvalue weighted by atomic mass is 32.2. The smallest absolute Gasteiger partial charge is 0.314 e. The van der Waals surface area contributed by atoms with Gasteiger partial charge in [0.05, 0.1) is 24.1 Å². The molecule has 0 aromatic carbocycles. The van der Waals surface area contributed by atoms with Crippen molar-refractivity contribution in [2.24, 2.45) is 10.9 Å². The summed E-state index contributed by atoms with van der Waals surface area (Å²) < 4.78 is 3.35. The van der Waals surface area contributed by atoms with Gasteiger partial charge in [0.25, 0.3) is 17.5 Å². The normalized spacial score (nSPS) is 19.1. The first-order chi connectivity index (χ1) is 18.7. The number of aliphatic carboxylic acids is 1. The fraction of sp³-hybridized carbons (Fsp3) is 0.261. The minimum Gasteiger partial charge on any atom is -0.543 e. The Morgan fingerprint density at radius 2 is 2.15 bits per heavy atom. The largest absolute Gasteiger partial charge is 0.543 e. The summed E-state index contributed by atoms with van der Waals surface area (Å²) in [5, 5.41) is 19.7. The van der Waals surface area contributed by atoms with Gasteiger partial charge in [0.15, 0.2) is 17.0 Å². The number of nitrogens with two attached hydrogens (primary N) is 2. The molecule has 0 saturated carbocycles. The number of carboxylic acids is 1. The van der Waals surface area contributed by atoms with Crippen LogP contribution in [0.15, 0.2) is 52.5 Å². The summed E-state index contributed by atoms with van der Waals surface area (Å²) in [7, 11) is 0. The number of thioether (sulfide) groups is 1. The maximum absolute atomic E-state index is 13.1. The number of hydrogen-bond acceptors (Lipinski definition) is 11. The first kappa shape index (κ1) is 26.2. The van der Waals surface area contributed by atoms with Gasteiger partial charge < -0.3 is 36.1 Å². The van der Waals surface area contributed by atoms with Gasteiger partial charge in [-0.05, 0) is 12.5 Å². The van der Waals surface area contributed by atoms with Gasteiger partial charge in [-0.3, -0.25) is 19.3 Å². The van der Waals surface area contributed by atoms with Crippen molar-refractivity contribution in [1.29, 1.82) is 0 Å². The molecule has 2 atom stereocenters. The Bertz CT molecular complexity index is 1530. The molecule has 4 aliphatic rings. The van der Waals surface area contributed by atoms with Crippen LogP contribution in [0.4, 0.5) is 5.13 Å². The fourth-order valence-electron chi connectivity index (χ4n) is 4.35. The third-order valence-electron chi connectivity index (χ3n) is 6.07. The summed E-state index contributed by atoms with van der Waals surface area (Å²) in [6, 6.07) is 2.32. The Labute approximate surface area is 229 Å². The number of anilines is 1. The van der Waals surface area contributed by atoms with E-state index in [0.717, 1.165) is 16.2 Å². The monoisotopic (exact) mass is 570 g/mol. The van der Waals surface area contributed by atoms with E-state index in [1.54, 1.807) is 46.8 Å². The van der Waals surface area contributed by atoms with E-state index in [1.165, 1.54) is 17.1 Å². The molecule has 1 aromatic heterocycles. The van der Waals surface area contributed by atoms with Crippen LogP contribution in [0.5, 0.6) is 0 Å². The van der Waals surface area contributed by atoms with Gasteiger partial charge in [-0.15, -0.1) is 23.1 Å². The second-order valence-corrected chi connectivity index (χ2v) is 10.5. The molecule has 1 saturated heterocycles. The number of nitrogens with zero attached hydrogens (tertiary/aromatic N) is 5. The van der Waals surface area contributed by atoms with E-state index in [1.807, 2.05) is 0 Å². The van der Waals surface area contributed by atoms with E-state index < -0.39 is 35.1 Å². The highest BCUT2D eigenvalue weighted by Crippen LogP contribution is 2.40. The third-order valence-corrected chi connectivity index (χ3v) is 8.09. The number of hydrogen-bond donors (Lipinski definition) is 3. The number of carboxylic acid groups (broad SMARTS) is 1. The molecule has 16 heteroatoms. The molecule has 0 aliphatic carbocycles. The molecular weight excluding hydrogens is 548 g/mol. The van der Waals surface area contributed by atoms with Crippen molar-refractivity contribution >= 4 is 57.6 Å². The van der Waals surface area contributed by atoms with Crippen LogP contribution in [0.1, 0.15) is 23.1 Å². The van der Waals surface area contributed by atoms with Crippen molar-refractivity contribution in [3.8, 4) is 5.69 Å². The van der Waals surface area contributed by atoms with Gasteiger partial charge in [0.1, 0.15) is 23.7 Å². The van der Waals surface area contributed by atoms with Crippen LogP contribution in [0, 0.1) is 0 Å². The summed E-state index contributed by atoms with van der Waals surface area (Å²) in [4.78, 5) is 60.0. The van der Waals surface area contributed by atoms with Crippen molar-refractivity contribution in [3.05, 3.63) is 58.8 Å². The molecule has 1 aromatic rings. The lowest BCUT2D eigenvalue weighted by atomic mass is 10.0. The lowest BCUT2D eigenvalue weighted by Gasteiger charge is -2.50. The number of rotatable bonds is 9. The van der Waals surface area contributed by atoms with Crippen molar-refractivity contribution in [2.45, 2.75) is 24.9 Å². The average Bonchev–Trinajstić information content (AvgIpc) is 3.53. The topological polar surface area (TPSA) is 202 Å². The summed E-state index contributed by atoms with van der Waals surface area (Å²) >= 11 is 2.43. The zero-order valence-electron chi connectivity index (χ0n) is 20.4. The summed E-state index contributed by atoms with van der Waals surface area (Å²) in [6.45, 7) is 2.06. The molecule has 5 heterocycles. The number of carbonyl (C=O) groups is 4. The van der Waals surface area contributed by atoms with Gasteiger partial charge in [0.2, 0.25) is 5.69 Å². The summed E-state index contributed by atoms with van der Waals surface area (Å²) in [6.07, 6.45) is 5.04. The van der Waals surface area contributed by atoms with Crippen LogP contribution in [0.3, 0.4) is 0 Å². The lowest BCUT2D eigenvalue weighted by Crippen LogP contribution is -2.71. The zero-order chi connectivity index (χ0) is 27.8. The Morgan fingerprint density at radius 1 is 1.36 bits per heavy atom. The second kappa shape index (κ2) is 10.4. The molecule has 1 fully saturated rings. The molecule has 0 radical (unpaired) electrons. The highest BCUT2D eigenvalue weighted by molar-refractivity contribution is 8.00. The number of carbonyl (C=O) groups excluding carboxylic acids is 4. The minimum absolute atomic E-state index is 0.148. The van der Waals surface area contributed by atoms with E-state index >= 15 is 0 Å². The van der Waals surface area contributed by atoms with E-state index in [0.29, 0.717) is 17.0 Å². The second-order valence-electron chi connectivity index (χ2n) is 8.51. The van der Waals surface area contributed by atoms with Crippen LogP contribution >= 0.6 is 23.1 Å². The lowest BCUT2D eigenvalue weighted by molar-refractivity contribution is -0.595. The standard InChI is InChI=1S/C23H22N8O6S2/c1-2-37-28-15(13-10-39-23(25)26-13)19(33)27-16-20(34)31-17(22(35)36)11(9-38-21(16)31)7-29-5-6-30-12(8-29)3-4-14(30)18(24)32/h3-6,8,10,16,21H,2,7,9H2,1H3,(H5-,24,25,26,27,32,33,35,36)/b28-15-/t16-,21-/m1/s1. The predicted octanol–water partition coefficient (Wildman–Crippen LogP) is -1.82. The molecule has 3 amide bonds. The molecule has 14 nitrogen and oxygen atoms in total. The predicted molar refractivity (Wildman–Crippen MR) is 137 cm³/mol. The fourth-order valence-corrected chi connectivity index (χ4v) is 6.24. The molecule has 5 rings (SSSR count). The molecular formula is C23H22N8O6S2. The van der Waals surface area contributed by atoms with Gasteiger partial charge in [-0.1, -0.05) is 5.16 Å². The number of β-lactam (4-membered cyclic amide) rings is 1. The van der Waals surface area contributed by atoms with Crippen LogP contribution < -0.4 is 26.5 Å². The van der Waals surface area contributed by atoms with Gasteiger partial charge in [-0.25, -0.2) is 4.98 Å². The number of thiazole rings is 1. The van der Waals surface area contributed by atoms with Crippen LogP contribution in [0.2, 0.25) is 0 Å². The maximum atomic E-state index is 13.1. The van der Waals surface area contributed by atoms with Crippen molar-refractivity contribution in [2.75, 3.05) is 18.1 Å². The Hall–Kier alpha value is -4.44. The van der Waals surface area contributed by atoms with Crippen molar-refractivity contribution in [1.82, 2.24) is 19.8 Å². The highest BCUT2D eigenvalue weighted by Gasteiger charge is 2.53. The molecule has 0 unspecified atom stereocenters.